The maximum atomic E-state index is 8.73. The Morgan fingerprint density at radius 1 is 1.19 bits per heavy atom. The highest BCUT2D eigenvalue weighted by atomic mass is 16.5. The Balaban J connectivity index is 2.21. The fraction of sp³-hybridized carbons (Fsp3) is 0. The van der Waals surface area contributed by atoms with Gasteiger partial charge in [-0.25, -0.2) is 4.98 Å². The molecule has 0 saturated heterocycles. The molecule has 0 radical (unpaired) electrons. The van der Waals surface area contributed by atoms with Gasteiger partial charge in [-0.05, 0) is 30.3 Å². The van der Waals surface area contributed by atoms with Gasteiger partial charge < -0.3 is 10.5 Å². The molecule has 0 amide bonds. The summed E-state index contributed by atoms with van der Waals surface area (Å²) < 4.78 is 5.51. The number of ether oxygens (including phenoxy) is 1. The molecule has 0 aliphatic carbocycles. The molecular weight excluding hydrogens is 202 g/mol. The number of pyridine rings is 1. The van der Waals surface area contributed by atoms with Crippen molar-refractivity contribution in [2.75, 3.05) is 5.73 Å². The third-order valence-corrected chi connectivity index (χ3v) is 1.96. The van der Waals surface area contributed by atoms with Crippen molar-refractivity contribution in [3.8, 4) is 17.6 Å². The lowest BCUT2D eigenvalue weighted by Gasteiger charge is -2.05. The Hall–Kier alpha value is -2.54. The number of anilines is 1. The molecule has 2 aromatic rings. The van der Waals surface area contributed by atoms with Crippen LogP contribution in [-0.2, 0) is 0 Å². The van der Waals surface area contributed by atoms with Gasteiger partial charge in [0.05, 0.1) is 17.8 Å². The molecule has 0 aliphatic heterocycles. The van der Waals surface area contributed by atoms with Crippen molar-refractivity contribution >= 4 is 5.82 Å². The Morgan fingerprint density at radius 2 is 2.06 bits per heavy atom. The number of rotatable bonds is 2. The first-order valence-electron chi connectivity index (χ1n) is 4.67. The maximum absolute atomic E-state index is 8.73. The van der Waals surface area contributed by atoms with E-state index in [-0.39, 0.29) is 0 Å². The van der Waals surface area contributed by atoms with E-state index in [1.807, 2.05) is 6.07 Å². The van der Waals surface area contributed by atoms with Gasteiger partial charge in [0.25, 0.3) is 0 Å². The molecule has 0 unspecified atom stereocenters. The van der Waals surface area contributed by atoms with Gasteiger partial charge in [-0.1, -0.05) is 6.07 Å². The lowest BCUT2D eigenvalue weighted by molar-refractivity contribution is 0.480. The molecular formula is C12H9N3O. The molecule has 4 heteroatoms. The lowest BCUT2D eigenvalue weighted by Crippen LogP contribution is -1.90. The van der Waals surface area contributed by atoms with E-state index in [2.05, 4.69) is 4.98 Å². The third-order valence-electron chi connectivity index (χ3n) is 1.96. The van der Waals surface area contributed by atoms with Crippen LogP contribution in [0.5, 0.6) is 11.5 Å². The summed E-state index contributed by atoms with van der Waals surface area (Å²) >= 11 is 0. The first-order valence-corrected chi connectivity index (χ1v) is 4.67. The summed E-state index contributed by atoms with van der Waals surface area (Å²) in [4.78, 5) is 3.91. The average molecular weight is 211 g/mol. The molecule has 0 saturated carbocycles. The van der Waals surface area contributed by atoms with Gasteiger partial charge >= 0.3 is 0 Å². The predicted octanol–water partition coefficient (Wildman–Crippen LogP) is 2.33. The first kappa shape index (κ1) is 9.99. The molecule has 0 atom stereocenters. The van der Waals surface area contributed by atoms with E-state index >= 15 is 0 Å². The Labute approximate surface area is 92.9 Å². The molecule has 2 rings (SSSR count). The monoisotopic (exact) mass is 211 g/mol. The van der Waals surface area contributed by atoms with Crippen LogP contribution in [0.4, 0.5) is 5.82 Å². The van der Waals surface area contributed by atoms with Crippen molar-refractivity contribution in [3.63, 3.8) is 0 Å². The van der Waals surface area contributed by atoms with Crippen LogP contribution in [-0.4, -0.2) is 4.98 Å². The van der Waals surface area contributed by atoms with Crippen LogP contribution in [0.3, 0.4) is 0 Å². The number of hydrogen-bond acceptors (Lipinski definition) is 4. The summed E-state index contributed by atoms with van der Waals surface area (Å²) in [7, 11) is 0. The molecule has 0 fully saturated rings. The molecule has 0 aliphatic rings. The molecule has 1 aromatic heterocycles. The SMILES string of the molecule is N#Cc1cccc(Oc2ccc(N)nc2)c1. The van der Waals surface area contributed by atoms with Crippen molar-refractivity contribution in [1.82, 2.24) is 4.98 Å². The molecule has 1 aromatic carbocycles. The van der Waals surface area contributed by atoms with E-state index in [4.69, 9.17) is 15.7 Å². The Bertz CT molecular complexity index is 529. The van der Waals surface area contributed by atoms with E-state index in [0.717, 1.165) is 0 Å². The molecule has 0 bridgehead atoms. The topological polar surface area (TPSA) is 71.9 Å². The van der Waals surface area contributed by atoms with Crippen LogP contribution in [0.1, 0.15) is 5.56 Å². The smallest absolute Gasteiger partial charge is 0.145 e. The van der Waals surface area contributed by atoms with Crippen molar-refractivity contribution < 1.29 is 4.74 Å². The Kier molecular flexibility index (Phi) is 2.70. The number of aromatic nitrogens is 1. The molecule has 4 nitrogen and oxygen atoms in total. The first-order chi connectivity index (χ1) is 7.78. The van der Waals surface area contributed by atoms with Crippen molar-refractivity contribution in [3.05, 3.63) is 48.2 Å². The predicted molar refractivity (Wildman–Crippen MR) is 59.9 cm³/mol. The van der Waals surface area contributed by atoms with Crippen LogP contribution < -0.4 is 10.5 Å². The summed E-state index contributed by atoms with van der Waals surface area (Å²) in [6.07, 6.45) is 1.54. The largest absolute Gasteiger partial charge is 0.456 e. The third kappa shape index (κ3) is 2.28. The van der Waals surface area contributed by atoms with Crippen molar-refractivity contribution in [1.29, 1.82) is 5.26 Å². The summed E-state index contributed by atoms with van der Waals surface area (Å²) in [6.45, 7) is 0. The van der Waals surface area contributed by atoms with Crippen molar-refractivity contribution in [2.24, 2.45) is 0 Å². The van der Waals surface area contributed by atoms with Crippen LogP contribution >= 0.6 is 0 Å². The van der Waals surface area contributed by atoms with E-state index in [1.54, 1.807) is 36.4 Å². The second kappa shape index (κ2) is 4.32. The summed E-state index contributed by atoms with van der Waals surface area (Å²) in [5, 5.41) is 8.73. The highest BCUT2D eigenvalue weighted by Gasteiger charge is 1.98. The van der Waals surface area contributed by atoms with Gasteiger partial charge in [-0.15, -0.1) is 0 Å². The molecule has 1 heterocycles. The van der Waals surface area contributed by atoms with Crippen molar-refractivity contribution in [2.45, 2.75) is 0 Å². The van der Waals surface area contributed by atoms with Gasteiger partial charge in [0, 0.05) is 0 Å². The number of nitrogen functional groups attached to an aromatic ring is 1. The fourth-order valence-corrected chi connectivity index (χ4v) is 1.22. The summed E-state index contributed by atoms with van der Waals surface area (Å²) in [6, 6.07) is 12.3. The zero-order valence-electron chi connectivity index (χ0n) is 8.42. The molecule has 0 spiro atoms. The summed E-state index contributed by atoms with van der Waals surface area (Å²) in [5.74, 6) is 1.63. The van der Waals surface area contributed by atoms with Crippen LogP contribution in [0, 0.1) is 11.3 Å². The minimum absolute atomic E-state index is 0.443. The molecule has 78 valence electrons. The summed E-state index contributed by atoms with van der Waals surface area (Å²) in [5.41, 5.74) is 6.01. The number of benzene rings is 1. The zero-order valence-corrected chi connectivity index (χ0v) is 8.42. The van der Waals surface area contributed by atoms with Crippen LogP contribution in [0.2, 0.25) is 0 Å². The fourth-order valence-electron chi connectivity index (χ4n) is 1.22. The lowest BCUT2D eigenvalue weighted by atomic mass is 10.2. The number of nitrogens with zero attached hydrogens (tertiary/aromatic N) is 2. The molecule has 2 N–H and O–H groups in total. The van der Waals surface area contributed by atoms with E-state index in [0.29, 0.717) is 22.9 Å². The van der Waals surface area contributed by atoms with Crippen LogP contribution in [0.25, 0.3) is 0 Å². The highest BCUT2D eigenvalue weighted by Crippen LogP contribution is 2.21. The van der Waals surface area contributed by atoms with E-state index < -0.39 is 0 Å². The van der Waals surface area contributed by atoms with Gasteiger partial charge in [-0.2, -0.15) is 5.26 Å². The maximum Gasteiger partial charge on any atom is 0.145 e. The number of nitrogens with two attached hydrogens (primary N) is 1. The normalized spacial score (nSPS) is 9.44. The van der Waals surface area contributed by atoms with Gasteiger partial charge in [0.1, 0.15) is 17.3 Å². The van der Waals surface area contributed by atoms with E-state index in [1.165, 1.54) is 6.20 Å². The van der Waals surface area contributed by atoms with Gasteiger partial charge in [0.2, 0.25) is 0 Å². The second-order valence-electron chi connectivity index (χ2n) is 3.16. The molecule has 16 heavy (non-hydrogen) atoms. The minimum atomic E-state index is 0.443. The van der Waals surface area contributed by atoms with Gasteiger partial charge in [0.15, 0.2) is 0 Å². The minimum Gasteiger partial charge on any atom is -0.456 e. The quantitative estimate of drug-likeness (QED) is 0.827. The number of nitriles is 1. The number of hydrogen-bond donors (Lipinski definition) is 1. The highest BCUT2D eigenvalue weighted by molar-refractivity contribution is 5.39. The van der Waals surface area contributed by atoms with E-state index in [9.17, 15) is 0 Å². The van der Waals surface area contributed by atoms with Crippen LogP contribution in [0.15, 0.2) is 42.6 Å². The Morgan fingerprint density at radius 3 is 2.75 bits per heavy atom. The zero-order chi connectivity index (χ0) is 11.4. The average Bonchev–Trinajstić information content (AvgIpc) is 2.32. The van der Waals surface area contributed by atoms with Gasteiger partial charge in [-0.3, -0.25) is 0 Å². The standard InChI is InChI=1S/C12H9N3O/c13-7-9-2-1-3-10(6-9)16-11-4-5-12(14)15-8-11/h1-6,8H,(H2,14,15). The second-order valence-corrected chi connectivity index (χ2v) is 3.16.